The number of nitrogens with zero attached hydrogens (tertiary/aromatic N) is 2. The Labute approximate surface area is 141 Å². The molecule has 0 aliphatic rings. The molecule has 0 aliphatic carbocycles. The number of anilines is 1. The molecular formula is C16H12Cl2N4O. The lowest BCUT2D eigenvalue weighted by Gasteiger charge is -2.00. The zero-order valence-electron chi connectivity index (χ0n) is 11.9. The van der Waals surface area contributed by atoms with Crippen molar-refractivity contribution in [3.63, 3.8) is 0 Å². The molecule has 1 aromatic carbocycles. The van der Waals surface area contributed by atoms with Crippen molar-refractivity contribution in [2.75, 3.05) is 5.32 Å². The predicted octanol–water partition coefficient (Wildman–Crippen LogP) is 2.13. The van der Waals surface area contributed by atoms with Gasteiger partial charge >= 0.3 is 0 Å². The first kappa shape index (κ1) is 15.4. The number of pyridine rings is 1. The highest BCUT2D eigenvalue weighted by molar-refractivity contribution is 6.30. The van der Waals surface area contributed by atoms with Crippen LogP contribution in [0.2, 0.25) is 10.0 Å². The van der Waals surface area contributed by atoms with E-state index in [4.69, 9.17) is 23.2 Å². The van der Waals surface area contributed by atoms with Gasteiger partial charge in [-0.3, -0.25) is 9.89 Å². The summed E-state index contributed by atoms with van der Waals surface area (Å²) in [5.41, 5.74) is 0.451. The Balaban J connectivity index is 1.99. The molecule has 0 saturated heterocycles. The van der Waals surface area contributed by atoms with Gasteiger partial charge in [0.05, 0.1) is 21.3 Å². The monoisotopic (exact) mass is 346 g/mol. The Morgan fingerprint density at radius 2 is 1.83 bits per heavy atom. The molecule has 0 bridgehead atoms. The van der Waals surface area contributed by atoms with Gasteiger partial charge in [-0.1, -0.05) is 29.8 Å². The predicted molar refractivity (Wildman–Crippen MR) is 93.5 cm³/mol. The zero-order chi connectivity index (χ0) is 16.4. The lowest BCUT2D eigenvalue weighted by atomic mass is 10.3. The van der Waals surface area contributed by atoms with E-state index in [0.29, 0.717) is 32.1 Å². The van der Waals surface area contributed by atoms with Gasteiger partial charge in [-0.25, -0.2) is 9.67 Å². The van der Waals surface area contributed by atoms with Crippen LogP contribution in [0.25, 0.3) is 18.5 Å². The van der Waals surface area contributed by atoms with Gasteiger partial charge in [-0.2, -0.15) is 0 Å². The summed E-state index contributed by atoms with van der Waals surface area (Å²) in [5, 5.41) is 7.94. The summed E-state index contributed by atoms with van der Waals surface area (Å²) >= 11 is 11.6. The molecule has 0 amide bonds. The van der Waals surface area contributed by atoms with Crippen molar-refractivity contribution in [3.8, 4) is 5.69 Å². The summed E-state index contributed by atoms with van der Waals surface area (Å²) in [6, 6.07) is 10.3. The molecule has 0 atom stereocenters. The molecule has 0 aliphatic heterocycles. The van der Waals surface area contributed by atoms with Crippen LogP contribution >= 0.6 is 23.2 Å². The van der Waals surface area contributed by atoms with E-state index in [0.717, 1.165) is 0 Å². The summed E-state index contributed by atoms with van der Waals surface area (Å²) in [6.45, 7) is 3.86. The number of aromatic amines is 1. The van der Waals surface area contributed by atoms with Crippen molar-refractivity contribution in [3.05, 3.63) is 73.6 Å². The van der Waals surface area contributed by atoms with E-state index in [9.17, 15) is 4.79 Å². The summed E-state index contributed by atoms with van der Waals surface area (Å²) in [7, 11) is 0. The van der Waals surface area contributed by atoms with Gasteiger partial charge in [0.1, 0.15) is 5.82 Å². The number of hydrogen-bond acceptors (Lipinski definition) is 3. The molecule has 0 fully saturated rings. The van der Waals surface area contributed by atoms with Crippen molar-refractivity contribution >= 4 is 41.8 Å². The fraction of sp³-hybridized carbons (Fsp3) is 0. The number of H-pyrrole nitrogens is 1. The maximum atomic E-state index is 12.5. The van der Waals surface area contributed by atoms with Gasteiger partial charge in [-0.05, 0) is 36.4 Å². The second-order valence-corrected chi connectivity index (χ2v) is 5.64. The number of aromatic nitrogens is 3. The average Bonchev–Trinajstić information content (AvgIpc) is 2.82. The van der Waals surface area contributed by atoms with Gasteiger partial charge < -0.3 is 5.32 Å². The summed E-state index contributed by atoms with van der Waals surface area (Å²) in [5.74, 6) is 0.576. The van der Waals surface area contributed by atoms with E-state index in [2.05, 4.69) is 22.0 Å². The molecule has 7 heteroatoms. The smallest absolute Gasteiger partial charge is 0.280 e. The number of nitrogens with one attached hydrogen (secondary N) is 2. The molecule has 2 aromatic heterocycles. The largest absolute Gasteiger partial charge is 0.346 e. The van der Waals surface area contributed by atoms with Gasteiger partial charge in [-0.15, -0.1) is 0 Å². The maximum Gasteiger partial charge on any atom is 0.280 e. The highest BCUT2D eigenvalue weighted by Gasteiger charge is 2.04. The molecule has 2 N–H and O–H groups in total. The van der Waals surface area contributed by atoms with E-state index < -0.39 is 0 Å². The first-order chi connectivity index (χ1) is 11.0. The van der Waals surface area contributed by atoms with Crippen molar-refractivity contribution in [2.24, 2.45) is 0 Å². The Morgan fingerprint density at radius 1 is 1.13 bits per heavy atom. The molecular weight excluding hydrogens is 335 g/mol. The van der Waals surface area contributed by atoms with E-state index >= 15 is 0 Å². The first-order valence-electron chi connectivity index (χ1n) is 6.69. The molecule has 0 spiro atoms. The quantitative estimate of drug-likeness (QED) is 0.763. The summed E-state index contributed by atoms with van der Waals surface area (Å²) < 4.78 is 1.40. The van der Waals surface area contributed by atoms with E-state index in [-0.39, 0.29) is 5.56 Å². The van der Waals surface area contributed by atoms with Crippen LogP contribution in [0.1, 0.15) is 0 Å². The van der Waals surface area contributed by atoms with Crippen LogP contribution in [0.4, 0.5) is 5.82 Å². The zero-order valence-corrected chi connectivity index (χ0v) is 13.4. The second-order valence-electron chi connectivity index (χ2n) is 4.77. The number of hydrogen-bond donors (Lipinski definition) is 2. The molecule has 23 heavy (non-hydrogen) atoms. The standard InChI is InChI=1S/C16H12Cl2N4O/c1-10-14(9-20-15-7-4-12(18)8-19-15)16(23)22(21-10)13-5-2-11(17)3-6-13/h2-9,21H,1H2,(H,19,20)/b14-9-. The lowest BCUT2D eigenvalue weighted by Crippen LogP contribution is -2.34. The minimum absolute atomic E-state index is 0.223. The van der Waals surface area contributed by atoms with Crippen LogP contribution in [0.3, 0.4) is 0 Å². The van der Waals surface area contributed by atoms with Crippen molar-refractivity contribution in [2.45, 2.75) is 0 Å². The average molecular weight is 347 g/mol. The second kappa shape index (κ2) is 6.32. The molecule has 0 saturated carbocycles. The number of halogens is 2. The van der Waals surface area contributed by atoms with Gasteiger partial charge in [0, 0.05) is 17.4 Å². The topological polar surface area (TPSA) is 62.7 Å². The molecule has 0 unspecified atom stereocenters. The van der Waals surface area contributed by atoms with Crippen LogP contribution in [-0.2, 0) is 0 Å². The number of benzene rings is 1. The third-order valence-corrected chi connectivity index (χ3v) is 3.66. The van der Waals surface area contributed by atoms with E-state index in [1.54, 1.807) is 42.6 Å². The summed E-state index contributed by atoms with van der Waals surface area (Å²) in [6.07, 6.45) is 3.08. The fourth-order valence-electron chi connectivity index (χ4n) is 2.02. The van der Waals surface area contributed by atoms with Crippen molar-refractivity contribution in [1.82, 2.24) is 14.8 Å². The van der Waals surface area contributed by atoms with Crippen LogP contribution in [0, 0.1) is 0 Å². The van der Waals surface area contributed by atoms with E-state index in [1.165, 1.54) is 10.9 Å². The first-order valence-corrected chi connectivity index (χ1v) is 7.44. The van der Waals surface area contributed by atoms with Crippen LogP contribution in [-0.4, -0.2) is 14.8 Å². The van der Waals surface area contributed by atoms with Crippen LogP contribution < -0.4 is 21.4 Å². The van der Waals surface area contributed by atoms with E-state index in [1.807, 2.05) is 0 Å². The van der Waals surface area contributed by atoms with Gasteiger partial charge in [0.15, 0.2) is 0 Å². The normalized spacial score (nSPS) is 11.7. The molecule has 3 aromatic rings. The SMILES string of the molecule is C=c1[nH]n(-c2ccc(Cl)cc2)c(=O)/c1=C\Nc1ccc(Cl)cn1. The Morgan fingerprint density at radius 3 is 2.48 bits per heavy atom. The lowest BCUT2D eigenvalue weighted by molar-refractivity contribution is 0.838. The molecule has 0 radical (unpaired) electrons. The molecule has 116 valence electrons. The minimum Gasteiger partial charge on any atom is -0.346 e. The Bertz CT molecular complexity index is 989. The highest BCUT2D eigenvalue weighted by atomic mass is 35.5. The number of rotatable bonds is 3. The maximum absolute atomic E-state index is 12.5. The van der Waals surface area contributed by atoms with Crippen molar-refractivity contribution < 1.29 is 0 Å². The van der Waals surface area contributed by atoms with Crippen LogP contribution in [0.5, 0.6) is 0 Å². The molecule has 5 nitrogen and oxygen atoms in total. The summed E-state index contributed by atoms with van der Waals surface area (Å²) in [4.78, 5) is 16.6. The Hall–Kier alpha value is -2.50. The Kier molecular flexibility index (Phi) is 4.23. The van der Waals surface area contributed by atoms with Crippen LogP contribution in [0.15, 0.2) is 47.4 Å². The minimum atomic E-state index is -0.223. The van der Waals surface area contributed by atoms with Crippen molar-refractivity contribution in [1.29, 1.82) is 0 Å². The fourth-order valence-corrected chi connectivity index (χ4v) is 2.26. The molecule has 2 heterocycles. The third-order valence-electron chi connectivity index (χ3n) is 3.18. The van der Waals surface area contributed by atoms with Gasteiger partial charge in [0.2, 0.25) is 0 Å². The molecule has 3 rings (SSSR count). The van der Waals surface area contributed by atoms with Gasteiger partial charge in [0.25, 0.3) is 5.56 Å². The third kappa shape index (κ3) is 3.31. The highest BCUT2D eigenvalue weighted by Crippen LogP contribution is 2.11.